The number of methoxy groups -OCH3 is 1. The lowest BCUT2D eigenvalue weighted by molar-refractivity contribution is -0.141. The van der Waals surface area contributed by atoms with Crippen LogP contribution >= 0.6 is 11.3 Å². The lowest BCUT2D eigenvalue weighted by Crippen LogP contribution is -2.42. The van der Waals surface area contributed by atoms with E-state index in [9.17, 15) is 18.0 Å². The summed E-state index contributed by atoms with van der Waals surface area (Å²) in [5.74, 6) is -1.37. The number of fused-ring (bicyclic) bond motifs is 1. The monoisotopic (exact) mass is 473 g/mol. The van der Waals surface area contributed by atoms with E-state index in [0.717, 1.165) is 10.2 Å². The summed E-state index contributed by atoms with van der Waals surface area (Å²) < 4.78 is 34.6. The molecule has 0 radical (unpaired) electrons. The molecule has 0 N–H and O–H groups in total. The van der Waals surface area contributed by atoms with E-state index in [2.05, 4.69) is 4.99 Å². The first kappa shape index (κ1) is 22.4. The van der Waals surface area contributed by atoms with Crippen LogP contribution in [0.2, 0.25) is 0 Å². The number of carbonyl (C=O) groups is 2. The number of benzene rings is 2. The van der Waals surface area contributed by atoms with Crippen LogP contribution in [0.4, 0.5) is 0 Å². The van der Waals surface area contributed by atoms with Crippen LogP contribution in [0.3, 0.4) is 0 Å². The molecule has 3 aromatic rings. The average Bonchev–Trinajstić information content (AvgIpc) is 3.16. The van der Waals surface area contributed by atoms with Gasteiger partial charge in [-0.25, -0.2) is 8.42 Å². The van der Waals surface area contributed by atoms with Crippen molar-refractivity contribution in [2.45, 2.75) is 24.3 Å². The Hall–Kier alpha value is -2.82. The molecule has 168 valence electrons. The number of para-hydroxylation sites is 1. The fourth-order valence-electron chi connectivity index (χ4n) is 3.74. The third kappa shape index (κ3) is 4.52. The van der Waals surface area contributed by atoms with E-state index in [1.165, 1.54) is 22.8 Å². The van der Waals surface area contributed by atoms with Crippen LogP contribution in [0.25, 0.3) is 10.2 Å². The van der Waals surface area contributed by atoms with Crippen molar-refractivity contribution in [3.8, 4) is 0 Å². The number of piperidine rings is 1. The third-order valence-electron chi connectivity index (χ3n) is 5.42. The van der Waals surface area contributed by atoms with E-state index in [-0.39, 0.29) is 23.9 Å². The van der Waals surface area contributed by atoms with E-state index >= 15 is 0 Å². The number of aromatic nitrogens is 1. The lowest BCUT2D eigenvalue weighted by Gasteiger charge is -2.30. The molecule has 1 aromatic heterocycles. The van der Waals surface area contributed by atoms with E-state index < -0.39 is 21.9 Å². The second kappa shape index (κ2) is 9.35. The molecule has 0 spiro atoms. The van der Waals surface area contributed by atoms with Crippen molar-refractivity contribution < 1.29 is 22.7 Å². The third-order valence-corrected chi connectivity index (χ3v) is 8.36. The minimum atomic E-state index is -3.67. The Morgan fingerprint density at radius 1 is 1.12 bits per heavy atom. The molecule has 1 amide bonds. The maximum absolute atomic E-state index is 13.0. The Balaban J connectivity index is 1.63. The number of esters is 1. The van der Waals surface area contributed by atoms with Gasteiger partial charge in [0.05, 0.1) is 28.1 Å². The zero-order valence-corrected chi connectivity index (χ0v) is 19.1. The summed E-state index contributed by atoms with van der Waals surface area (Å²) in [6, 6.07) is 15.7. The van der Waals surface area contributed by atoms with E-state index in [1.54, 1.807) is 34.9 Å². The maximum Gasteiger partial charge on any atom is 0.325 e. The highest BCUT2D eigenvalue weighted by Crippen LogP contribution is 2.24. The van der Waals surface area contributed by atoms with Crippen molar-refractivity contribution in [1.29, 1.82) is 0 Å². The van der Waals surface area contributed by atoms with Gasteiger partial charge in [-0.2, -0.15) is 9.30 Å². The summed E-state index contributed by atoms with van der Waals surface area (Å²) in [4.78, 5) is 29.9. The summed E-state index contributed by atoms with van der Waals surface area (Å²) in [6.07, 6.45) is 1.14. The van der Waals surface area contributed by atoms with Gasteiger partial charge < -0.3 is 9.30 Å². The van der Waals surface area contributed by atoms with Crippen molar-refractivity contribution >= 4 is 43.5 Å². The number of hydrogen-bond acceptors (Lipinski definition) is 6. The number of carbonyl (C=O) groups excluding carboxylic acids is 2. The average molecular weight is 474 g/mol. The van der Waals surface area contributed by atoms with E-state index in [4.69, 9.17) is 4.74 Å². The van der Waals surface area contributed by atoms with Crippen LogP contribution in [0, 0.1) is 5.92 Å². The van der Waals surface area contributed by atoms with Crippen molar-refractivity contribution in [2.24, 2.45) is 10.9 Å². The van der Waals surface area contributed by atoms with Gasteiger partial charge >= 0.3 is 5.97 Å². The summed E-state index contributed by atoms with van der Waals surface area (Å²) in [5.41, 5.74) is 0.784. The number of rotatable bonds is 5. The van der Waals surface area contributed by atoms with Crippen LogP contribution in [-0.4, -0.2) is 49.4 Å². The molecule has 1 unspecified atom stereocenters. The zero-order valence-electron chi connectivity index (χ0n) is 17.5. The second-order valence-electron chi connectivity index (χ2n) is 7.48. The highest BCUT2D eigenvalue weighted by molar-refractivity contribution is 7.89. The molecular weight excluding hydrogens is 450 g/mol. The Morgan fingerprint density at radius 2 is 1.84 bits per heavy atom. The van der Waals surface area contributed by atoms with Crippen LogP contribution in [-0.2, 0) is 30.9 Å². The van der Waals surface area contributed by atoms with Crippen LogP contribution in [0.1, 0.15) is 12.8 Å². The fraction of sp³-hybridized carbons (Fsp3) is 0.318. The highest BCUT2D eigenvalue weighted by atomic mass is 32.2. The predicted molar refractivity (Wildman–Crippen MR) is 120 cm³/mol. The molecule has 0 saturated carbocycles. The number of nitrogens with zero attached hydrogens (tertiary/aromatic N) is 3. The molecular formula is C22H23N3O5S2. The molecule has 0 aliphatic carbocycles. The quantitative estimate of drug-likeness (QED) is 0.530. The van der Waals surface area contributed by atoms with Crippen LogP contribution in [0.5, 0.6) is 0 Å². The molecule has 0 bridgehead atoms. The molecule has 1 aliphatic rings. The first-order valence-corrected chi connectivity index (χ1v) is 12.4. The minimum absolute atomic E-state index is 0.0637. The van der Waals surface area contributed by atoms with Gasteiger partial charge in [-0.15, -0.1) is 0 Å². The van der Waals surface area contributed by atoms with Crippen LogP contribution < -0.4 is 4.80 Å². The largest absolute Gasteiger partial charge is 0.468 e. The van der Waals surface area contributed by atoms with Gasteiger partial charge in [-0.1, -0.05) is 41.7 Å². The fourth-order valence-corrected chi connectivity index (χ4v) is 6.32. The smallest absolute Gasteiger partial charge is 0.325 e. The van der Waals surface area contributed by atoms with Crippen molar-refractivity contribution in [1.82, 2.24) is 8.87 Å². The molecule has 1 fully saturated rings. The van der Waals surface area contributed by atoms with Gasteiger partial charge in [0.2, 0.25) is 10.0 Å². The summed E-state index contributed by atoms with van der Waals surface area (Å²) in [7, 11) is -2.36. The lowest BCUT2D eigenvalue weighted by atomic mass is 9.99. The first-order valence-electron chi connectivity index (χ1n) is 10.2. The predicted octanol–water partition coefficient (Wildman–Crippen LogP) is 2.40. The molecule has 1 atom stereocenters. The standard InChI is InChI=1S/C22H23N3O5S2/c1-30-20(26)15-25-18-11-5-6-12-19(18)31-22(25)23-21(27)16-8-7-13-24(14-16)32(28,29)17-9-3-2-4-10-17/h2-6,9-12,16H,7-8,13-15H2,1H3. The summed E-state index contributed by atoms with van der Waals surface area (Å²) in [6.45, 7) is 0.388. The van der Waals surface area contributed by atoms with Gasteiger partial charge in [-0.3, -0.25) is 9.59 Å². The summed E-state index contributed by atoms with van der Waals surface area (Å²) >= 11 is 1.31. The molecule has 4 rings (SSSR count). The van der Waals surface area contributed by atoms with Gasteiger partial charge in [0.25, 0.3) is 5.91 Å². The van der Waals surface area contributed by atoms with Crippen molar-refractivity contribution in [3.05, 3.63) is 59.4 Å². The number of hydrogen-bond donors (Lipinski definition) is 0. The van der Waals surface area contributed by atoms with Crippen LogP contribution in [0.15, 0.2) is 64.5 Å². The Labute approximate surface area is 189 Å². The zero-order chi connectivity index (χ0) is 22.7. The minimum Gasteiger partial charge on any atom is -0.468 e. The SMILES string of the molecule is COC(=O)Cn1c(=NC(=O)C2CCCN(S(=O)(=O)c3ccccc3)C2)sc2ccccc21. The number of thiazole rings is 1. The van der Waals surface area contributed by atoms with Gasteiger partial charge in [0, 0.05) is 13.1 Å². The Morgan fingerprint density at radius 3 is 2.59 bits per heavy atom. The van der Waals surface area contributed by atoms with Crippen molar-refractivity contribution in [3.63, 3.8) is 0 Å². The van der Waals surface area contributed by atoms with Gasteiger partial charge in [-0.05, 0) is 37.1 Å². The highest BCUT2D eigenvalue weighted by Gasteiger charge is 2.33. The number of ether oxygens (including phenoxy) is 1. The first-order chi connectivity index (χ1) is 15.4. The number of amides is 1. The number of sulfonamides is 1. The van der Waals surface area contributed by atoms with E-state index in [0.29, 0.717) is 24.2 Å². The normalized spacial score (nSPS) is 18.0. The molecule has 2 heterocycles. The summed E-state index contributed by atoms with van der Waals surface area (Å²) in [5, 5.41) is 0. The molecule has 1 saturated heterocycles. The molecule has 10 heteroatoms. The topological polar surface area (TPSA) is 98.0 Å². The van der Waals surface area contributed by atoms with Gasteiger partial charge in [0.15, 0.2) is 4.80 Å². The van der Waals surface area contributed by atoms with E-state index in [1.807, 2.05) is 24.3 Å². The molecule has 32 heavy (non-hydrogen) atoms. The Kier molecular flexibility index (Phi) is 6.54. The van der Waals surface area contributed by atoms with Crippen molar-refractivity contribution in [2.75, 3.05) is 20.2 Å². The molecule has 1 aliphatic heterocycles. The second-order valence-corrected chi connectivity index (χ2v) is 10.4. The maximum atomic E-state index is 13.0. The van der Waals surface area contributed by atoms with Gasteiger partial charge in [0.1, 0.15) is 6.54 Å². The Bertz CT molecular complexity index is 1310. The molecule has 8 nitrogen and oxygen atoms in total. The molecule has 2 aromatic carbocycles.